The molecule has 6 nitrogen and oxygen atoms in total. The summed E-state index contributed by atoms with van der Waals surface area (Å²) >= 11 is 0. The molecule has 22 heavy (non-hydrogen) atoms. The molecule has 0 heterocycles. The summed E-state index contributed by atoms with van der Waals surface area (Å²) in [5, 5.41) is 11.4. The molecule has 2 N–H and O–H groups in total. The summed E-state index contributed by atoms with van der Waals surface area (Å²) in [5.74, 6) is -0.639. The topological polar surface area (TPSA) is 84.9 Å². The molecule has 1 atom stereocenters. The van der Waals surface area contributed by atoms with E-state index in [2.05, 4.69) is 5.32 Å². The summed E-state index contributed by atoms with van der Waals surface area (Å²) in [6, 6.07) is 4.92. The van der Waals surface area contributed by atoms with Crippen molar-refractivity contribution in [2.75, 3.05) is 20.3 Å². The number of carbonyl (C=O) groups is 2. The molecule has 0 saturated carbocycles. The van der Waals surface area contributed by atoms with Gasteiger partial charge >= 0.3 is 5.97 Å². The van der Waals surface area contributed by atoms with E-state index in [1.807, 2.05) is 13.8 Å². The van der Waals surface area contributed by atoms with Crippen molar-refractivity contribution in [3.05, 3.63) is 23.8 Å². The predicted molar refractivity (Wildman–Crippen MR) is 82.5 cm³/mol. The Morgan fingerprint density at radius 2 is 1.95 bits per heavy atom. The van der Waals surface area contributed by atoms with Gasteiger partial charge in [-0.15, -0.1) is 0 Å². The molecule has 0 bridgehead atoms. The molecule has 0 aliphatic rings. The number of rotatable bonds is 8. The number of hydrogen-bond acceptors (Lipinski definition) is 4. The minimum absolute atomic E-state index is 0.0593. The lowest BCUT2D eigenvalue weighted by atomic mass is 10.1. The van der Waals surface area contributed by atoms with Gasteiger partial charge in [-0.2, -0.15) is 0 Å². The van der Waals surface area contributed by atoms with Crippen LogP contribution in [0.5, 0.6) is 11.5 Å². The first-order chi connectivity index (χ1) is 10.3. The van der Waals surface area contributed by atoms with Crippen molar-refractivity contribution in [2.24, 2.45) is 11.8 Å². The average molecular weight is 309 g/mol. The van der Waals surface area contributed by atoms with E-state index >= 15 is 0 Å². The van der Waals surface area contributed by atoms with E-state index in [1.54, 1.807) is 18.2 Å². The molecule has 122 valence electrons. The van der Waals surface area contributed by atoms with Crippen molar-refractivity contribution >= 4 is 11.9 Å². The highest BCUT2D eigenvalue weighted by atomic mass is 16.5. The summed E-state index contributed by atoms with van der Waals surface area (Å²) in [4.78, 5) is 23.0. The summed E-state index contributed by atoms with van der Waals surface area (Å²) < 4.78 is 10.8. The van der Waals surface area contributed by atoms with Crippen molar-refractivity contribution in [1.82, 2.24) is 5.32 Å². The van der Waals surface area contributed by atoms with Crippen molar-refractivity contribution in [3.8, 4) is 11.5 Å². The Labute approximate surface area is 130 Å². The molecular weight excluding hydrogens is 286 g/mol. The van der Waals surface area contributed by atoms with Gasteiger partial charge in [-0.1, -0.05) is 20.8 Å². The van der Waals surface area contributed by atoms with Crippen LogP contribution in [0.15, 0.2) is 18.2 Å². The second-order valence-corrected chi connectivity index (χ2v) is 5.52. The van der Waals surface area contributed by atoms with Gasteiger partial charge in [-0.3, -0.25) is 9.59 Å². The van der Waals surface area contributed by atoms with Gasteiger partial charge in [0.05, 0.1) is 25.2 Å². The Hall–Kier alpha value is -2.24. The van der Waals surface area contributed by atoms with Crippen LogP contribution < -0.4 is 14.8 Å². The zero-order chi connectivity index (χ0) is 16.7. The van der Waals surface area contributed by atoms with Gasteiger partial charge in [-0.25, -0.2) is 0 Å². The average Bonchev–Trinajstić information content (AvgIpc) is 2.49. The van der Waals surface area contributed by atoms with Crippen LogP contribution in [-0.4, -0.2) is 37.2 Å². The molecule has 0 aliphatic carbocycles. The maximum atomic E-state index is 12.2. The van der Waals surface area contributed by atoms with Gasteiger partial charge in [0.15, 0.2) is 0 Å². The molecule has 0 fully saturated rings. The number of aliphatic carboxylic acids is 1. The lowest BCUT2D eigenvalue weighted by Crippen LogP contribution is -2.31. The Morgan fingerprint density at radius 1 is 1.27 bits per heavy atom. The number of nitrogens with one attached hydrogen (secondary N) is 1. The number of carbonyl (C=O) groups excluding carboxylic acids is 1. The lowest BCUT2D eigenvalue weighted by Gasteiger charge is -2.15. The van der Waals surface area contributed by atoms with Crippen molar-refractivity contribution in [2.45, 2.75) is 20.8 Å². The molecule has 0 radical (unpaired) electrons. The first-order valence-corrected chi connectivity index (χ1v) is 7.17. The lowest BCUT2D eigenvalue weighted by molar-refractivity contribution is -0.140. The molecular formula is C16H23NO5. The fourth-order valence-corrected chi connectivity index (χ4v) is 1.62. The van der Waals surface area contributed by atoms with Crippen LogP contribution in [-0.2, 0) is 4.79 Å². The third-order valence-corrected chi connectivity index (χ3v) is 3.00. The number of hydrogen-bond donors (Lipinski definition) is 2. The zero-order valence-electron chi connectivity index (χ0n) is 13.4. The highest BCUT2D eigenvalue weighted by molar-refractivity contribution is 5.97. The van der Waals surface area contributed by atoms with E-state index in [0.717, 1.165) is 0 Å². The third kappa shape index (κ3) is 5.27. The molecule has 0 spiro atoms. The molecule has 1 amide bonds. The van der Waals surface area contributed by atoms with E-state index in [4.69, 9.17) is 14.6 Å². The molecule has 0 aliphatic heterocycles. The Bertz CT molecular complexity index is 527. The maximum absolute atomic E-state index is 12.2. The van der Waals surface area contributed by atoms with Gasteiger partial charge in [0.25, 0.3) is 5.91 Å². The van der Waals surface area contributed by atoms with Gasteiger partial charge < -0.3 is 19.9 Å². The van der Waals surface area contributed by atoms with Crippen LogP contribution in [0.1, 0.15) is 31.1 Å². The van der Waals surface area contributed by atoms with Crippen LogP contribution >= 0.6 is 0 Å². The highest BCUT2D eigenvalue weighted by Gasteiger charge is 2.17. The Balaban J connectivity index is 2.86. The van der Waals surface area contributed by atoms with Crippen LogP contribution in [0.3, 0.4) is 0 Å². The molecule has 0 saturated heterocycles. The van der Waals surface area contributed by atoms with Crippen molar-refractivity contribution in [3.63, 3.8) is 0 Å². The van der Waals surface area contributed by atoms with E-state index in [-0.39, 0.29) is 12.5 Å². The van der Waals surface area contributed by atoms with Crippen molar-refractivity contribution in [1.29, 1.82) is 0 Å². The highest BCUT2D eigenvalue weighted by Crippen LogP contribution is 2.25. The first-order valence-electron chi connectivity index (χ1n) is 7.17. The van der Waals surface area contributed by atoms with E-state index in [9.17, 15) is 9.59 Å². The first kappa shape index (κ1) is 17.8. The fourth-order valence-electron chi connectivity index (χ4n) is 1.62. The standard InChI is InChI=1S/C16H23NO5/c1-10(2)9-22-14-7-12(21-4)5-6-13(14)15(18)17-8-11(3)16(19)20/h5-7,10-11H,8-9H2,1-4H3,(H,17,18)(H,19,20). The normalized spacial score (nSPS) is 11.9. The molecule has 1 rings (SSSR count). The maximum Gasteiger partial charge on any atom is 0.308 e. The number of carboxylic acid groups (broad SMARTS) is 1. The second-order valence-electron chi connectivity index (χ2n) is 5.52. The summed E-state index contributed by atoms with van der Waals surface area (Å²) in [7, 11) is 1.54. The van der Waals surface area contributed by atoms with Gasteiger partial charge in [0.2, 0.25) is 0 Å². The summed E-state index contributed by atoms with van der Waals surface area (Å²) in [6.45, 7) is 6.08. The van der Waals surface area contributed by atoms with Crippen LogP contribution in [0, 0.1) is 11.8 Å². The molecule has 1 aromatic rings. The number of ether oxygens (including phenoxy) is 2. The number of carboxylic acids is 1. The number of amides is 1. The minimum Gasteiger partial charge on any atom is -0.497 e. The van der Waals surface area contributed by atoms with E-state index < -0.39 is 11.9 Å². The van der Waals surface area contributed by atoms with Gasteiger partial charge in [0, 0.05) is 12.6 Å². The summed E-state index contributed by atoms with van der Waals surface area (Å²) in [5.41, 5.74) is 0.360. The fraction of sp³-hybridized carbons (Fsp3) is 0.500. The van der Waals surface area contributed by atoms with Gasteiger partial charge in [0.1, 0.15) is 11.5 Å². The number of methoxy groups -OCH3 is 1. The zero-order valence-corrected chi connectivity index (χ0v) is 13.4. The SMILES string of the molecule is COc1ccc(C(=O)NCC(C)C(=O)O)c(OCC(C)C)c1. The molecule has 1 aromatic carbocycles. The largest absolute Gasteiger partial charge is 0.497 e. The molecule has 0 aromatic heterocycles. The van der Waals surface area contributed by atoms with Crippen LogP contribution in [0.25, 0.3) is 0 Å². The Kier molecular flexibility index (Phi) is 6.69. The predicted octanol–water partition coefficient (Wildman–Crippen LogP) is 2.18. The van der Waals surface area contributed by atoms with E-state index in [0.29, 0.717) is 29.6 Å². The van der Waals surface area contributed by atoms with Gasteiger partial charge in [-0.05, 0) is 18.1 Å². The minimum atomic E-state index is -0.952. The molecule has 1 unspecified atom stereocenters. The van der Waals surface area contributed by atoms with Crippen LogP contribution in [0.2, 0.25) is 0 Å². The number of benzene rings is 1. The smallest absolute Gasteiger partial charge is 0.308 e. The van der Waals surface area contributed by atoms with E-state index in [1.165, 1.54) is 14.0 Å². The third-order valence-electron chi connectivity index (χ3n) is 3.00. The van der Waals surface area contributed by atoms with Crippen LogP contribution in [0.4, 0.5) is 0 Å². The monoisotopic (exact) mass is 309 g/mol. The summed E-state index contributed by atoms with van der Waals surface area (Å²) in [6.07, 6.45) is 0. The molecule has 6 heteroatoms. The quantitative estimate of drug-likeness (QED) is 0.769. The second kappa shape index (κ2) is 8.26. The van der Waals surface area contributed by atoms with Crippen molar-refractivity contribution < 1.29 is 24.2 Å². The Morgan fingerprint density at radius 3 is 2.50 bits per heavy atom.